The average Bonchev–Trinajstić information content (AvgIpc) is 2.66. The van der Waals surface area contributed by atoms with Crippen LogP contribution in [0.25, 0.3) is 0 Å². The first kappa shape index (κ1) is 26.2. The van der Waals surface area contributed by atoms with E-state index in [0.29, 0.717) is 38.8 Å². The summed E-state index contributed by atoms with van der Waals surface area (Å²) in [6.07, 6.45) is -1.46. The highest BCUT2D eigenvalue weighted by Gasteiger charge is 2.43. The molecule has 0 aromatic rings. The highest BCUT2D eigenvalue weighted by atomic mass is 32.3. The number of alkyl halides is 3. The molecule has 13 heteroatoms. The van der Waals surface area contributed by atoms with E-state index in [-0.39, 0.29) is 37.3 Å². The Morgan fingerprint density at radius 3 is 2.16 bits per heavy atom. The Bertz CT molecular complexity index is 644. The summed E-state index contributed by atoms with van der Waals surface area (Å²) in [5.74, 6) is -1.27. The quantitative estimate of drug-likeness (QED) is 0.339. The predicted octanol–water partition coefficient (Wildman–Crippen LogP) is 0.984. The van der Waals surface area contributed by atoms with Crippen molar-refractivity contribution in [2.75, 3.05) is 19.3 Å². The molecule has 3 fully saturated rings. The topological polar surface area (TPSA) is 113 Å². The Morgan fingerprint density at radius 1 is 1.03 bits per heavy atom. The maximum atomic E-state index is 13.2. The van der Waals surface area contributed by atoms with Crippen molar-refractivity contribution in [2.45, 2.75) is 95.7 Å². The molecule has 9 nitrogen and oxygen atoms in total. The third-order valence-electron chi connectivity index (χ3n) is 6.24. The van der Waals surface area contributed by atoms with Crippen molar-refractivity contribution in [3.8, 4) is 0 Å². The number of hydrogen-bond donors (Lipinski definition) is 5. The van der Waals surface area contributed by atoms with Crippen LogP contribution in [-0.2, 0) is 19.3 Å². The molecule has 188 valence electrons. The molecule has 6 unspecified atom stereocenters. The van der Waals surface area contributed by atoms with E-state index in [1.54, 1.807) is 0 Å². The maximum absolute atomic E-state index is 13.2. The van der Waals surface area contributed by atoms with Gasteiger partial charge in [-0.1, -0.05) is 10.6 Å². The van der Waals surface area contributed by atoms with Gasteiger partial charge in [-0.05, 0) is 46.0 Å². The molecule has 5 N–H and O–H groups in total. The summed E-state index contributed by atoms with van der Waals surface area (Å²) in [5, 5.41) is 16.5. The first-order chi connectivity index (χ1) is 14.9. The van der Waals surface area contributed by atoms with Crippen LogP contribution in [0.15, 0.2) is 0 Å². The standard InChI is InChI=1S/C19H37F3N6O3S/c1-12(2)31-18-26-16(23-14-7-9-28(10-8-14)32(3,29)30)25-17(27-18)24-15-6-4-5-13(11-15)19(20,21)22/h12-18,23-27H,4-11H2,1-3H3. The van der Waals surface area contributed by atoms with Gasteiger partial charge in [0.2, 0.25) is 0 Å². The van der Waals surface area contributed by atoms with Gasteiger partial charge in [-0.2, -0.15) is 13.2 Å². The van der Waals surface area contributed by atoms with Crippen molar-refractivity contribution in [3.05, 3.63) is 0 Å². The van der Waals surface area contributed by atoms with E-state index < -0.39 is 35.1 Å². The fourth-order valence-corrected chi connectivity index (χ4v) is 5.50. The molecule has 3 aliphatic rings. The summed E-state index contributed by atoms with van der Waals surface area (Å²) in [5.41, 5.74) is 0. The van der Waals surface area contributed by atoms with Crippen LogP contribution in [0.2, 0.25) is 0 Å². The van der Waals surface area contributed by atoms with Crippen molar-refractivity contribution in [3.63, 3.8) is 0 Å². The van der Waals surface area contributed by atoms with E-state index in [1.807, 2.05) is 13.8 Å². The minimum absolute atomic E-state index is 0.0540. The van der Waals surface area contributed by atoms with Crippen molar-refractivity contribution in [2.24, 2.45) is 5.92 Å². The van der Waals surface area contributed by atoms with E-state index in [9.17, 15) is 21.9 Å². The van der Waals surface area contributed by atoms with Crippen LogP contribution in [-0.4, -0.2) is 71.5 Å². The van der Waals surface area contributed by atoms with E-state index in [4.69, 9.17) is 4.74 Å². The van der Waals surface area contributed by atoms with Crippen LogP contribution in [0.4, 0.5) is 13.2 Å². The molecule has 2 saturated heterocycles. The molecule has 3 rings (SSSR count). The number of rotatable bonds is 7. The van der Waals surface area contributed by atoms with Gasteiger partial charge in [0.1, 0.15) is 29.2 Å². The zero-order chi connectivity index (χ0) is 23.5. The Labute approximate surface area is 189 Å². The molecule has 0 amide bonds. The molecule has 0 bridgehead atoms. The molecular formula is C19H37F3N6O3S. The number of ether oxygens (including phenoxy) is 1. The lowest BCUT2D eigenvalue weighted by molar-refractivity contribution is -0.184. The summed E-state index contributed by atoms with van der Waals surface area (Å²) >= 11 is 0. The Hall–Kier alpha value is -0.380. The van der Waals surface area contributed by atoms with Crippen LogP contribution in [0.3, 0.4) is 0 Å². The zero-order valence-electron chi connectivity index (χ0n) is 18.9. The van der Waals surface area contributed by atoms with Gasteiger partial charge in [-0.3, -0.25) is 26.6 Å². The molecule has 6 atom stereocenters. The molecule has 0 aromatic carbocycles. The normalized spacial score (nSPS) is 35.7. The number of nitrogens with one attached hydrogen (secondary N) is 5. The third kappa shape index (κ3) is 7.84. The predicted molar refractivity (Wildman–Crippen MR) is 114 cm³/mol. The van der Waals surface area contributed by atoms with E-state index in [1.165, 1.54) is 10.6 Å². The third-order valence-corrected chi connectivity index (χ3v) is 7.55. The average molecular weight is 487 g/mol. The molecule has 32 heavy (non-hydrogen) atoms. The van der Waals surface area contributed by atoms with Crippen LogP contribution in [0.5, 0.6) is 0 Å². The van der Waals surface area contributed by atoms with Gasteiger partial charge in [0.15, 0.2) is 6.35 Å². The summed E-state index contributed by atoms with van der Waals surface area (Å²) in [6, 6.07) is -0.155. The second kappa shape index (κ2) is 10.9. The monoisotopic (exact) mass is 486 g/mol. The van der Waals surface area contributed by atoms with Gasteiger partial charge in [0, 0.05) is 25.2 Å². The van der Waals surface area contributed by atoms with Crippen molar-refractivity contribution < 1.29 is 26.7 Å². The first-order valence-electron chi connectivity index (χ1n) is 11.4. The zero-order valence-corrected chi connectivity index (χ0v) is 19.7. The molecule has 1 saturated carbocycles. The van der Waals surface area contributed by atoms with Gasteiger partial charge >= 0.3 is 6.18 Å². The lowest BCUT2D eigenvalue weighted by Crippen LogP contribution is -2.76. The number of sulfonamides is 1. The maximum Gasteiger partial charge on any atom is 0.391 e. The van der Waals surface area contributed by atoms with Crippen LogP contribution < -0.4 is 26.6 Å². The first-order valence-corrected chi connectivity index (χ1v) is 13.2. The minimum atomic E-state index is -4.16. The van der Waals surface area contributed by atoms with Crippen LogP contribution in [0, 0.1) is 5.92 Å². The minimum Gasteiger partial charge on any atom is -0.598 e. The van der Waals surface area contributed by atoms with Gasteiger partial charge in [0.05, 0.1) is 12.0 Å². The Morgan fingerprint density at radius 2 is 1.62 bits per heavy atom. The molecular weight excluding hydrogens is 449 g/mol. The fourth-order valence-electron chi connectivity index (χ4n) is 4.62. The number of hydrogen-bond acceptors (Lipinski definition) is 8. The van der Waals surface area contributed by atoms with Gasteiger partial charge in [0.25, 0.3) is 0 Å². The highest BCUT2D eigenvalue weighted by Crippen LogP contribution is 2.37. The lowest BCUT2D eigenvalue weighted by Gasteiger charge is -2.43. The van der Waals surface area contributed by atoms with Crippen molar-refractivity contribution in [1.82, 2.24) is 30.9 Å². The lowest BCUT2D eigenvalue weighted by atomic mass is 9.85. The molecule has 0 radical (unpaired) electrons. The fraction of sp³-hybridized carbons (Fsp3) is 1.00. The van der Waals surface area contributed by atoms with E-state index in [2.05, 4.69) is 26.6 Å². The Kier molecular flexibility index (Phi) is 8.94. The number of piperidine rings is 1. The molecule has 0 spiro atoms. The van der Waals surface area contributed by atoms with E-state index >= 15 is 0 Å². The van der Waals surface area contributed by atoms with Crippen molar-refractivity contribution >= 4 is 10.4 Å². The van der Waals surface area contributed by atoms with Crippen molar-refractivity contribution in [1.29, 1.82) is 0 Å². The van der Waals surface area contributed by atoms with Gasteiger partial charge in [-0.25, -0.2) is 0 Å². The van der Waals surface area contributed by atoms with Crippen LogP contribution in [0.1, 0.15) is 52.4 Å². The van der Waals surface area contributed by atoms with Crippen LogP contribution >= 0.6 is 0 Å². The van der Waals surface area contributed by atoms with E-state index in [0.717, 1.165) is 0 Å². The molecule has 0 aromatic heterocycles. The second-order valence-corrected chi connectivity index (χ2v) is 11.3. The summed E-state index contributed by atoms with van der Waals surface area (Å²) in [6.45, 7) is 4.73. The molecule has 2 heterocycles. The summed E-state index contributed by atoms with van der Waals surface area (Å²) in [4.78, 5) is 0. The molecule has 1 aliphatic carbocycles. The number of halogens is 3. The summed E-state index contributed by atoms with van der Waals surface area (Å²) in [7, 11) is -3.19. The largest absolute Gasteiger partial charge is 0.598 e. The molecule has 2 aliphatic heterocycles. The SMILES string of the molecule is CC(C)OC1NC(NC2CCN([S+](C)(=O)[O-])CC2)NC(NC2CCCC(C(F)(F)F)C2)N1. The Balaban J connectivity index is 1.56. The number of nitrogens with zero attached hydrogens (tertiary/aromatic N) is 1. The van der Waals surface area contributed by atoms with Gasteiger partial charge in [-0.15, -0.1) is 4.31 Å². The summed E-state index contributed by atoms with van der Waals surface area (Å²) < 4.78 is 70.3. The highest BCUT2D eigenvalue weighted by molar-refractivity contribution is 7.94. The van der Waals surface area contributed by atoms with Gasteiger partial charge < -0.3 is 9.29 Å². The second-order valence-electron chi connectivity index (χ2n) is 9.30. The smallest absolute Gasteiger partial charge is 0.391 e.